The Morgan fingerprint density at radius 3 is 2.53 bits per heavy atom. The molecule has 5 nitrogen and oxygen atoms in total. The molecule has 0 saturated heterocycles. The van der Waals surface area contributed by atoms with Crippen molar-refractivity contribution in [1.29, 1.82) is 0 Å². The summed E-state index contributed by atoms with van der Waals surface area (Å²) in [6.45, 7) is 3.41. The van der Waals surface area contributed by atoms with Gasteiger partial charge in [0.15, 0.2) is 0 Å². The highest BCUT2D eigenvalue weighted by molar-refractivity contribution is 7.97. The lowest BCUT2D eigenvalue weighted by atomic mass is 9.79. The molecule has 3 aromatic rings. The molecule has 0 unspecified atom stereocenters. The van der Waals surface area contributed by atoms with Crippen molar-refractivity contribution in [3.05, 3.63) is 77.4 Å². The molecule has 1 heterocycles. The summed E-state index contributed by atoms with van der Waals surface area (Å²) in [5.74, 6) is 0. The third-order valence-electron chi connectivity index (χ3n) is 7.45. The van der Waals surface area contributed by atoms with Crippen LogP contribution >= 0.6 is 11.9 Å². The number of urea groups is 1. The van der Waals surface area contributed by atoms with Crippen molar-refractivity contribution in [2.75, 3.05) is 17.2 Å². The molecular weight excluding hydrogens is 440 g/mol. The Kier molecular flexibility index (Phi) is 6.28. The second-order valence-corrected chi connectivity index (χ2v) is 10.2. The summed E-state index contributed by atoms with van der Waals surface area (Å²) >= 11 is 1.23. The number of fused-ring (bicyclic) bond motifs is 2. The molecule has 34 heavy (non-hydrogen) atoms. The molecule has 176 valence electrons. The predicted molar refractivity (Wildman–Crippen MR) is 142 cm³/mol. The van der Waals surface area contributed by atoms with E-state index in [4.69, 9.17) is 10.9 Å². The van der Waals surface area contributed by atoms with Crippen LogP contribution in [0.1, 0.15) is 49.3 Å². The molecule has 0 aromatic heterocycles. The molecular formula is C28H32N4OS. The zero-order valence-electron chi connectivity index (χ0n) is 19.6. The van der Waals surface area contributed by atoms with Crippen LogP contribution in [0, 0.1) is 0 Å². The Hall–Kier alpha value is -2.96. The largest absolute Gasteiger partial charge is 0.399 e. The second-order valence-electron chi connectivity index (χ2n) is 9.50. The predicted octanol–water partition coefficient (Wildman–Crippen LogP) is 6.01. The summed E-state index contributed by atoms with van der Waals surface area (Å²) in [7, 11) is 0. The average Bonchev–Trinajstić information content (AvgIpc) is 3.48. The number of nitrogen functional groups attached to an aromatic ring is 1. The number of aryl methyl sites for hydroxylation is 1. The van der Waals surface area contributed by atoms with E-state index in [9.17, 15) is 4.79 Å². The lowest BCUT2D eigenvalue weighted by Gasteiger charge is -2.25. The van der Waals surface area contributed by atoms with Crippen LogP contribution in [0.25, 0.3) is 11.1 Å². The van der Waals surface area contributed by atoms with Crippen LogP contribution in [-0.2, 0) is 18.4 Å². The molecule has 0 atom stereocenters. The number of benzene rings is 3. The number of hydrogen-bond donors (Lipinski definition) is 3. The lowest BCUT2D eigenvalue weighted by molar-refractivity contribution is 0.245. The van der Waals surface area contributed by atoms with Gasteiger partial charge in [0.1, 0.15) is 0 Å². The van der Waals surface area contributed by atoms with Gasteiger partial charge < -0.3 is 11.1 Å². The standard InChI is InChI=1S/C28H32N4OS/c1-2-20-15-22(29)8-11-24(20)21-7-12-26-25(16-21)28(13-3-4-14-28)18-32(26)27(33)31-17-19-5-9-23(34-30)10-6-19/h5-12,15-16H,2-4,13-14,17-18,29-30H2,1H3,(H,31,33). The van der Waals surface area contributed by atoms with Crippen molar-refractivity contribution in [2.24, 2.45) is 5.14 Å². The number of nitrogens with one attached hydrogen (secondary N) is 1. The highest BCUT2D eigenvalue weighted by atomic mass is 32.2. The minimum atomic E-state index is -0.0308. The van der Waals surface area contributed by atoms with Gasteiger partial charge in [-0.3, -0.25) is 10.0 Å². The number of carbonyl (C=O) groups excluding carboxylic acids is 1. The number of carbonyl (C=O) groups is 1. The summed E-state index contributed by atoms with van der Waals surface area (Å²) in [4.78, 5) is 16.3. The Balaban J connectivity index is 1.43. The van der Waals surface area contributed by atoms with E-state index in [0.29, 0.717) is 6.54 Å². The van der Waals surface area contributed by atoms with Gasteiger partial charge in [0.2, 0.25) is 0 Å². The topological polar surface area (TPSA) is 84.4 Å². The molecule has 2 aliphatic rings. The summed E-state index contributed by atoms with van der Waals surface area (Å²) in [5.41, 5.74) is 14.0. The van der Waals surface area contributed by atoms with Crippen LogP contribution in [0.5, 0.6) is 0 Å². The average molecular weight is 473 g/mol. The molecule has 1 aliphatic carbocycles. The third-order valence-corrected chi connectivity index (χ3v) is 7.99. The van der Waals surface area contributed by atoms with Crippen LogP contribution in [0.15, 0.2) is 65.6 Å². The van der Waals surface area contributed by atoms with Gasteiger partial charge in [-0.2, -0.15) is 0 Å². The summed E-state index contributed by atoms with van der Waals surface area (Å²) in [6, 6.07) is 20.8. The molecule has 1 saturated carbocycles. The van der Waals surface area contributed by atoms with Crippen LogP contribution < -0.4 is 21.1 Å². The van der Waals surface area contributed by atoms with Gasteiger partial charge in [0.25, 0.3) is 0 Å². The molecule has 5 N–H and O–H groups in total. The maximum atomic E-state index is 13.3. The molecule has 0 bridgehead atoms. The number of nitrogens with two attached hydrogens (primary N) is 2. The smallest absolute Gasteiger partial charge is 0.322 e. The summed E-state index contributed by atoms with van der Waals surface area (Å²) in [6.07, 6.45) is 5.63. The maximum absolute atomic E-state index is 13.3. The highest BCUT2D eigenvalue weighted by Gasteiger charge is 2.46. The van der Waals surface area contributed by atoms with E-state index >= 15 is 0 Å². The molecule has 1 spiro atoms. The van der Waals surface area contributed by atoms with Gasteiger partial charge in [-0.05, 0) is 95.4 Å². The molecule has 5 rings (SSSR count). The van der Waals surface area contributed by atoms with Crippen molar-refractivity contribution < 1.29 is 4.79 Å². The molecule has 1 aliphatic heterocycles. The van der Waals surface area contributed by atoms with Gasteiger partial charge in [-0.25, -0.2) is 4.79 Å². The van der Waals surface area contributed by atoms with Crippen LogP contribution in [0.3, 0.4) is 0 Å². The number of hydrogen-bond acceptors (Lipinski definition) is 4. The maximum Gasteiger partial charge on any atom is 0.322 e. The van der Waals surface area contributed by atoms with Crippen LogP contribution in [0.2, 0.25) is 0 Å². The van der Waals surface area contributed by atoms with Gasteiger partial charge in [0.05, 0.1) is 0 Å². The Bertz CT molecular complexity index is 1200. The first-order valence-corrected chi connectivity index (χ1v) is 13.0. The van der Waals surface area contributed by atoms with Crippen LogP contribution in [0.4, 0.5) is 16.2 Å². The molecule has 2 amide bonds. The number of nitrogens with zero attached hydrogens (tertiary/aromatic N) is 1. The lowest BCUT2D eigenvalue weighted by Crippen LogP contribution is -2.41. The first-order chi connectivity index (χ1) is 16.5. The molecule has 6 heteroatoms. The zero-order valence-corrected chi connectivity index (χ0v) is 20.5. The zero-order chi connectivity index (χ0) is 23.7. The van der Waals surface area contributed by atoms with Crippen molar-refractivity contribution in [3.8, 4) is 11.1 Å². The van der Waals surface area contributed by atoms with Crippen LogP contribution in [-0.4, -0.2) is 12.6 Å². The first kappa shape index (κ1) is 22.8. The SMILES string of the molecule is CCc1cc(N)ccc1-c1ccc2c(c1)C1(CCCC1)CN2C(=O)NCc1ccc(SN)cc1. The van der Waals surface area contributed by atoms with Gasteiger partial charge >= 0.3 is 6.03 Å². The van der Waals surface area contributed by atoms with Crippen molar-refractivity contribution in [3.63, 3.8) is 0 Å². The minimum absolute atomic E-state index is 0.0308. The Labute approximate surface area is 206 Å². The molecule has 3 aromatic carbocycles. The number of rotatable bonds is 5. The van der Waals surface area contributed by atoms with E-state index in [1.807, 2.05) is 35.2 Å². The van der Waals surface area contributed by atoms with E-state index < -0.39 is 0 Å². The van der Waals surface area contributed by atoms with Gasteiger partial charge in [-0.15, -0.1) is 0 Å². The fourth-order valence-corrected chi connectivity index (χ4v) is 5.94. The van der Waals surface area contributed by atoms with Crippen molar-refractivity contribution in [1.82, 2.24) is 5.32 Å². The van der Waals surface area contributed by atoms with Crippen molar-refractivity contribution in [2.45, 2.75) is 55.9 Å². The fraction of sp³-hybridized carbons (Fsp3) is 0.321. The quantitative estimate of drug-likeness (QED) is 0.314. The number of amides is 2. The summed E-state index contributed by atoms with van der Waals surface area (Å²) in [5, 5.41) is 8.74. The fourth-order valence-electron chi connectivity index (χ4n) is 5.64. The van der Waals surface area contributed by atoms with E-state index in [0.717, 1.165) is 47.6 Å². The Morgan fingerprint density at radius 1 is 1.06 bits per heavy atom. The van der Waals surface area contributed by atoms with E-state index in [1.54, 1.807) is 0 Å². The molecule has 1 fully saturated rings. The second kappa shape index (κ2) is 9.35. The molecule has 0 radical (unpaired) electrons. The van der Waals surface area contributed by atoms with E-state index in [-0.39, 0.29) is 11.4 Å². The van der Waals surface area contributed by atoms with Gasteiger partial charge in [-0.1, -0.05) is 44.0 Å². The van der Waals surface area contributed by atoms with Gasteiger partial charge in [0, 0.05) is 34.8 Å². The monoisotopic (exact) mass is 472 g/mol. The Morgan fingerprint density at radius 2 is 1.82 bits per heavy atom. The third kappa shape index (κ3) is 4.17. The van der Waals surface area contributed by atoms with E-state index in [1.165, 1.54) is 47.0 Å². The summed E-state index contributed by atoms with van der Waals surface area (Å²) < 4.78 is 0. The minimum Gasteiger partial charge on any atom is -0.399 e. The number of anilines is 2. The normalized spacial score (nSPS) is 16.1. The first-order valence-electron chi connectivity index (χ1n) is 12.1. The van der Waals surface area contributed by atoms with Crippen molar-refractivity contribution >= 4 is 29.4 Å². The van der Waals surface area contributed by atoms with E-state index in [2.05, 4.69) is 42.6 Å². The highest BCUT2D eigenvalue weighted by Crippen LogP contribution is 2.51.